The fourth-order valence-electron chi connectivity index (χ4n) is 3.83. The summed E-state index contributed by atoms with van der Waals surface area (Å²) in [5, 5.41) is 2.92. The molecule has 0 bridgehead atoms. The third-order valence-electron chi connectivity index (χ3n) is 5.51. The molecule has 3 amide bonds. The van der Waals surface area contributed by atoms with Crippen LogP contribution in [0.1, 0.15) is 55.4 Å². The van der Waals surface area contributed by atoms with E-state index >= 15 is 0 Å². The van der Waals surface area contributed by atoms with E-state index in [1.54, 1.807) is 4.90 Å². The minimum atomic E-state index is -0.133. The zero-order valence-electron chi connectivity index (χ0n) is 16.3. The number of aromatic nitrogens is 2. The van der Waals surface area contributed by atoms with Crippen LogP contribution in [0.2, 0.25) is 0 Å². The van der Waals surface area contributed by atoms with Gasteiger partial charge in [0.25, 0.3) is 5.91 Å². The molecule has 1 aromatic rings. The molecule has 0 unspecified atom stereocenters. The van der Waals surface area contributed by atoms with Crippen LogP contribution in [0, 0.1) is 5.92 Å². The minimum absolute atomic E-state index is 0.0177. The smallest absolute Gasteiger partial charge is 0.274 e. The Balaban J connectivity index is 1.54. The van der Waals surface area contributed by atoms with Crippen LogP contribution < -0.4 is 5.32 Å². The van der Waals surface area contributed by atoms with E-state index in [1.165, 1.54) is 18.6 Å². The summed E-state index contributed by atoms with van der Waals surface area (Å²) >= 11 is 0. The Bertz CT molecular complexity index is 674. The zero-order valence-corrected chi connectivity index (χ0v) is 16.3. The predicted octanol–water partition coefficient (Wildman–Crippen LogP) is 1.24. The van der Waals surface area contributed by atoms with Gasteiger partial charge in [-0.3, -0.25) is 19.4 Å². The van der Waals surface area contributed by atoms with Gasteiger partial charge in [-0.25, -0.2) is 4.98 Å². The molecule has 2 aliphatic rings. The normalized spacial score (nSPS) is 20.2. The summed E-state index contributed by atoms with van der Waals surface area (Å²) in [6.07, 6.45) is 10.3. The van der Waals surface area contributed by atoms with Gasteiger partial charge in [0, 0.05) is 57.5 Å². The molecule has 1 N–H and O–H groups in total. The van der Waals surface area contributed by atoms with E-state index in [0.29, 0.717) is 51.1 Å². The maximum Gasteiger partial charge on any atom is 0.274 e. The lowest BCUT2D eigenvalue weighted by Crippen LogP contribution is -2.45. The summed E-state index contributed by atoms with van der Waals surface area (Å²) in [7, 11) is 0. The van der Waals surface area contributed by atoms with Gasteiger partial charge < -0.3 is 15.1 Å². The molecule has 8 nitrogen and oxygen atoms in total. The van der Waals surface area contributed by atoms with E-state index < -0.39 is 0 Å². The zero-order chi connectivity index (χ0) is 19.8. The summed E-state index contributed by atoms with van der Waals surface area (Å²) in [5.41, 5.74) is 0.338. The van der Waals surface area contributed by atoms with Gasteiger partial charge >= 0.3 is 0 Å². The molecule has 0 aromatic carbocycles. The Hall–Kier alpha value is -2.51. The van der Waals surface area contributed by atoms with Crippen molar-refractivity contribution in [3.8, 4) is 0 Å². The molecule has 3 rings (SSSR count). The van der Waals surface area contributed by atoms with Crippen LogP contribution in [0.4, 0.5) is 0 Å². The summed E-state index contributed by atoms with van der Waals surface area (Å²) in [5.74, 6) is -0.0762. The van der Waals surface area contributed by atoms with Gasteiger partial charge in [-0.1, -0.05) is 12.8 Å². The fraction of sp³-hybridized carbons (Fsp3) is 0.650. The summed E-state index contributed by atoms with van der Waals surface area (Å²) in [6, 6.07) is 0. The van der Waals surface area contributed by atoms with E-state index in [4.69, 9.17) is 0 Å². The SMILES string of the molecule is O=C1CCN(C(=O)C2CCN(C(=O)c3cnccn3)CC2)CCCCCCN1. The van der Waals surface area contributed by atoms with Gasteiger partial charge in [-0.2, -0.15) is 0 Å². The molecule has 2 fully saturated rings. The molecule has 0 radical (unpaired) electrons. The number of amides is 3. The summed E-state index contributed by atoms with van der Waals surface area (Å²) < 4.78 is 0. The molecule has 0 saturated carbocycles. The number of carbonyl (C=O) groups is 3. The van der Waals surface area contributed by atoms with Crippen molar-refractivity contribution in [2.75, 3.05) is 32.7 Å². The van der Waals surface area contributed by atoms with Gasteiger partial charge in [0.05, 0.1) is 6.20 Å². The third kappa shape index (κ3) is 5.50. The van der Waals surface area contributed by atoms with Crippen molar-refractivity contribution < 1.29 is 14.4 Å². The van der Waals surface area contributed by atoms with Gasteiger partial charge in [-0.15, -0.1) is 0 Å². The van der Waals surface area contributed by atoms with Gasteiger partial charge in [0.2, 0.25) is 11.8 Å². The second-order valence-electron chi connectivity index (χ2n) is 7.50. The topological polar surface area (TPSA) is 95.5 Å². The van der Waals surface area contributed by atoms with E-state index in [2.05, 4.69) is 15.3 Å². The number of nitrogens with zero attached hydrogens (tertiary/aromatic N) is 4. The van der Waals surface area contributed by atoms with Crippen LogP contribution >= 0.6 is 0 Å². The predicted molar refractivity (Wildman–Crippen MR) is 103 cm³/mol. The monoisotopic (exact) mass is 387 g/mol. The standard InChI is InChI=1S/C20H29N5O3/c26-18-7-14-24(11-4-2-1-3-8-23-18)19(27)16-5-12-25(13-6-16)20(28)17-15-21-9-10-22-17/h9-10,15-16H,1-8,11-14H2,(H,23,26). The summed E-state index contributed by atoms with van der Waals surface area (Å²) in [6.45, 7) is 3.00. The minimum Gasteiger partial charge on any atom is -0.356 e. The first kappa shape index (κ1) is 20.2. The Morgan fingerprint density at radius 1 is 0.964 bits per heavy atom. The van der Waals surface area contributed by atoms with Crippen LogP contribution in [0.5, 0.6) is 0 Å². The van der Waals surface area contributed by atoms with Crippen LogP contribution in [0.15, 0.2) is 18.6 Å². The lowest BCUT2D eigenvalue weighted by atomic mass is 9.94. The van der Waals surface area contributed by atoms with Gasteiger partial charge in [0.15, 0.2) is 0 Å². The number of hydrogen-bond acceptors (Lipinski definition) is 5. The number of piperidine rings is 1. The van der Waals surface area contributed by atoms with Crippen molar-refractivity contribution in [3.05, 3.63) is 24.3 Å². The molecule has 0 aliphatic carbocycles. The van der Waals surface area contributed by atoms with Crippen molar-refractivity contribution in [2.24, 2.45) is 5.92 Å². The number of likely N-dealkylation sites (tertiary alicyclic amines) is 1. The average Bonchev–Trinajstić information content (AvgIpc) is 2.79. The van der Waals surface area contributed by atoms with Crippen molar-refractivity contribution in [2.45, 2.75) is 44.9 Å². The molecule has 3 heterocycles. The summed E-state index contributed by atoms with van der Waals surface area (Å²) in [4.78, 5) is 49.0. The average molecular weight is 387 g/mol. The fourth-order valence-corrected chi connectivity index (χ4v) is 3.83. The Morgan fingerprint density at radius 3 is 2.50 bits per heavy atom. The molecule has 152 valence electrons. The molecule has 28 heavy (non-hydrogen) atoms. The third-order valence-corrected chi connectivity index (χ3v) is 5.51. The Morgan fingerprint density at radius 2 is 1.75 bits per heavy atom. The first-order valence-corrected chi connectivity index (χ1v) is 10.3. The Labute approximate surface area is 165 Å². The maximum atomic E-state index is 13.0. The first-order chi connectivity index (χ1) is 13.6. The Kier molecular flexibility index (Phi) is 7.33. The van der Waals surface area contributed by atoms with Crippen LogP contribution in [0.25, 0.3) is 0 Å². The molecule has 0 spiro atoms. The number of hydrogen-bond donors (Lipinski definition) is 1. The van der Waals surface area contributed by atoms with E-state index in [-0.39, 0.29) is 23.6 Å². The number of nitrogens with one attached hydrogen (secondary N) is 1. The molecule has 0 atom stereocenters. The van der Waals surface area contributed by atoms with Gasteiger partial charge in [0.1, 0.15) is 5.69 Å². The lowest BCUT2D eigenvalue weighted by molar-refractivity contribution is -0.137. The maximum absolute atomic E-state index is 13.0. The van der Waals surface area contributed by atoms with E-state index in [0.717, 1.165) is 32.2 Å². The lowest BCUT2D eigenvalue weighted by Gasteiger charge is -2.34. The second kappa shape index (κ2) is 10.1. The molecule has 8 heteroatoms. The highest BCUT2D eigenvalue weighted by Gasteiger charge is 2.31. The van der Waals surface area contributed by atoms with E-state index in [1.807, 2.05) is 4.90 Å². The highest BCUT2D eigenvalue weighted by molar-refractivity contribution is 5.92. The van der Waals surface area contributed by atoms with Crippen molar-refractivity contribution >= 4 is 17.7 Å². The molecular formula is C20H29N5O3. The number of rotatable bonds is 2. The number of carbonyl (C=O) groups excluding carboxylic acids is 3. The van der Waals surface area contributed by atoms with Crippen LogP contribution in [-0.2, 0) is 9.59 Å². The van der Waals surface area contributed by atoms with Crippen molar-refractivity contribution in [3.63, 3.8) is 0 Å². The first-order valence-electron chi connectivity index (χ1n) is 10.3. The molecular weight excluding hydrogens is 358 g/mol. The molecule has 2 saturated heterocycles. The van der Waals surface area contributed by atoms with Crippen molar-refractivity contribution in [1.82, 2.24) is 25.1 Å². The highest BCUT2D eigenvalue weighted by atomic mass is 16.2. The second-order valence-corrected chi connectivity index (χ2v) is 7.50. The quantitative estimate of drug-likeness (QED) is 0.824. The van der Waals surface area contributed by atoms with Crippen LogP contribution in [0.3, 0.4) is 0 Å². The largest absolute Gasteiger partial charge is 0.356 e. The highest BCUT2D eigenvalue weighted by Crippen LogP contribution is 2.21. The molecule has 2 aliphatic heterocycles. The van der Waals surface area contributed by atoms with Gasteiger partial charge in [-0.05, 0) is 25.7 Å². The van der Waals surface area contributed by atoms with Crippen molar-refractivity contribution in [1.29, 1.82) is 0 Å². The molecule has 1 aromatic heterocycles. The van der Waals surface area contributed by atoms with E-state index in [9.17, 15) is 14.4 Å². The van der Waals surface area contributed by atoms with Crippen LogP contribution in [-0.4, -0.2) is 70.2 Å².